The second-order valence-corrected chi connectivity index (χ2v) is 6.24. The summed E-state index contributed by atoms with van der Waals surface area (Å²) in [5.74, 6) is -0.535. The van der Waals surface area contributed by atoms with Gasteiger partial charge in [-0.2, -0.15) is 0 Å². The summed E-state index contributed by atoms with van der Waals surface area (Å²) in [6.45, 7) is 0. The lowest BCUT2D eigenvalue weighted by molar-refractivity contribution is 0.101. The summed E-state index contributed by atoms with van der Waals surface area (Å²) in [6.07, 6.45) is 9.37. The van der Waals surface area contributed by atoms with Gasteiger partial charge in [-0.1, -0.05) is 0 Å². The predicted molar refractivity (Wildman–Crippen MR) is 112 cm³/mol. The van der Waals surface area contributed by atoms with Gasteiger partial charge in [-0.05, 0) is 48.5 Å². The third-order valence-electron chi connectivity index (χ3n) is 4.19. The molecule has 8 heteroatoms. The van der Waals surface area contributed by atoms with E-state index in [2.05, 4.69) is 30.6 Å². The van der Waals surface area contributed by atoms with E-state index < -0.39 is 0 Å². The SMILES string of the molecule is O=C(Nc1ccncc1)c1ccc(-c2ccc(C(=O)Nc3ccncc3)cn2)nc1. The monoisotopic (exact) mass is 396 g/mol. The van der Waals surface area contributed by atoms with Crippen molar-refractivity contribution >= 4 is 23.2 Å². The molecule has 4 heterocycles. The van der Waals surface area contributed by atoms with E-state index in [0.717, 1.165) is 0 Å². The van der Waals surface area contributed by atoms with Crippen molar-refractivity contribution in [3.05, 3.63) is 96.8 Å². The van der Waals surface area contributed by atoms with E-state index >= 15 is 0 Å². The Bertz CT molecular complexity index is 1050. The van der Waals surface area contributed by atoms with Crippen LogP contribution in [0.1, 0.15) is 20.7 Å². The Morgan fingerprint density at radius 3 is 1.30 bits per heavy atom. The van der Waals surface area contributed by atoms with Gasteiger partial charge in [0.1, 0.15) is 0 Å². The summed E-state index contributed by atoms with van der Waals surface area (Å²) in [5.41, 5.74) is 3.34. The Kier molecular flexibility index (Phi) is 5.47. The number of aromatic nitrogens is 4. The molecule has 0 aliphatic heterocycles. The van der Waals surface area contributed by atoms with Crippen LogP contribution in [0.15, 0.2) is 85.7 Å². The molecule has 0 radical (unpaired) electrons. The smallest absolute Gasteiger partial charge is 0.257 e. The molecule has 0 atom stereocenters. The molecule has 0 aliphatic rings. The summed E-state index contributed by atoms with van der Waals surface area (Å²) < 4.78 is 0. The lowest BCUT2D eigenvalue weighted by Gasteiger charge is -2.07. The van der Waals surface area contributed by atoms with E-state index in [1.165, 1.54) is 12.4 Å². The fourth-order valence-corrected chi connectivity index (χ4v) is 2.64. The summed E-state index contributed by atoms with van der Waals surface area (Å²) >= 11 is 0. The molecule has 0 bridgehead atoms. The summed E-state index contributed by atoms with van der Waals surface area (Å²) in [5, 5.41) is 5.55. The standard InChI is InChI=1S/C22H16N6O2/c29-21(27-17-5-9-23-10-6-17)15-1-3-19(25-13-15)20-4-2-16(14-26-20)22(30)28-18-7-11-24-12-8-18/h1-14H,(H,23,27,29)(H,24,28,30). The molecule has 4 rings (SSSR count). The molecule has 0 aliphatic carbocycles. The van der Waals surface area contributed by atoms with Gasteiger partial charge in [0.15, 0.2) is 0 Å². The van der Waals surface area contributed by atoms with Crippen LogP contribution in [-0.2, 0) is 0 Å². The number of hydrogen-bond acceptors (Lipinski definition) is 6. The third-order valence-corrected chi connectivity index (χ3v) is 4.19. The van der Waals surface area contributed by atoms with E-state index in [0.29, 0.717) is 33.9 Å². The second-order valence-electron chi connectivity index (χ2n) is 6.24. The van der Waals surface area contributed by atoms with Crippen LogP contribution in [0.25, 0.3) is 11.4 Å². The highest BCUT2D eigenvalue weighted by Gasteiger charge is 2.10. The van der Waals surface area contributed by atoms with Crippen LogP contribution in [0.5, 0.6) is 0 Å². The van der Waals surface area contributed by atoms with Crippen molar-refractivity contribution in [3.8, 4) is 11.4 Å². The van der Waals surface area contributed by atoms with E-state index in [-0.39, 0.29) is 11.8 Å². The van der Waals surface area contributed by atoms with E-state index in [1.807, 2.05) is 0 Å². The maximum Gasteiger partial charge on any atom is 0.257 e. The summed E-state index contributed by atoms with van der Waals surface area (Å²) in [4.78, 5) is 41.0. The quantitative estimate of drug-likeness (QED) is 0.535. The predicted octanol–water partition coefficient (Wildman–Crippen LogP) is 3.44. The first kappa shape index (κ1) is 18.9. The minimum atomic E-state index is -0.267. The van der Waals surface area contributed by atoms with Crippen molar-refractivity contribution in [2.75, 3.05) is 10.6 Å². The first-order chi connectivity index (χ1) is 14.7. The van der Waals surface area contributed by atoms with Crippen LogP contribution in [-0.4, -0.2) is 31.8 Å². The van der Waals surface area contributed by atoms with Gasteiger partial charge in [-0.25, -0.2) is 0 Å². The highest BCUT2D eigenvalue weighted by molar-refractivity contribution is 6.04. The summed E-state index contributed by atoms with van der Waals surface area (Å²) in [7, 11) is 0. The number of nitrogens with one attached hydrogen (secondary N) is 2. The van der Waals surface area contributed by atoms with Crippen molar-refractivity contribution < 1.29 is 9.59 Å². The zero-order valence-corrected chi connectivity index (χ0v) is 15.7. The van der Waals surface area contributed by atoms with Crippen LogP contribution in [0, 0.1) is 0 Å². The van der Waals surface area contributed by atoms with Gasteiger partial charge in [0.2, 0.25) is 0 Å². The number of carbonyl (C=O) groups is 2. The maximum absolute atomic E-state index is 12.3. The van der Waals surface area contributed by atoms with Gasteiger partial charge in [0, 0.05) is 48.6 Å². The molecule has 0 aromatic carbocycles. The third kappa shape index (κ3) is 4.50. The van der Waals surface area contributed by atoms with Gasteiger partial charge in [0.05, 0.1) is 22.5 Å². The van der Waals surface area contributed by atoms with Crippen LogP contribution >= 0.6 is 0 Å². The topological polar surface area (TPSA) is 110 Å². The molecule has 146 valence electrons. The van der Waals surface area contributed by atoms with E-state index in [4.69, 9.17) is 0 Å². The highest BCUT2D eigenvalue weighted by Crippen LogP contribution is 2.16. The van der Waals surface area contributed by atoms with Crippen LogP contribution in [0.2, 0.25) is 0 Å². The highest BCUT2D eigenvalue weighted by atomic mass is 16.2. The first-order valence-corrected chi connectivity index (χ1v) is 9.04. The summed E-state index contributed by atoms with van der Waals surface area (Å²) in [6, 6.07) is 13.6. The van der Waals surface area contributed by atoms with Crippen molar-refractivity contribution in [2.24, 2.45) is 0 Å². The van der Waals surface area contributed by atoms with Gasteiger partial charge >= 0.3 is 0 Å². The Labute approximate surface area is 172 Å². The van der Waals surface area contributed by atoms with Gasteiger partial charge in [-0.15, -0.1) is 0 Å². The van der Waals surface area contributed by atoms with Crippen molar-refractivity contribution in [1.29, 1.82) is 0 Å². The van der Waals surface area contributed by atoms with Gasteiger partial charge in [0.25, 0.3) is 11.8 Å². The minimum absolute atomic E-state index is 0.267. The number of anilines is 2. The first-order valence-electron chi connectivity index (χ1n) is 9.04. The Morgan fingerprint density at radius 2 is 0.967 bits per heavy atom. The van der Waals surface area contributed by atoms with Gasteiger partial charge in [-0.3, -0.25) is 29.5 Å². The average Bonchev–Trinajstić information content (AvgIpc) is 2.80. The molecule has 0 spiro atoms. The number of amides is 2. The van der Waals surface area contributed by atoms with E-state index in [1.54, 1.807) is 73.3 Å². The molecule has 0 saturated carbocycles. The normalized spacial score (nSPS) is 10.3. The molecule has 2 amide bonds. The van der Waals surface area contributed by atoms with Crippen LogP contribution in [0.4, 0.5) is 11.4 Å². The largest absolute Gasteiger partial charge is 0.322 e. The molecule has 2 N–H and O–H groups in total. The second kappa shape index (κ2) is 8.70. The van der Waals surface area contributed by atoms with Crippen molar-refractivity contribution in [1.82, 2.24) is 19.9 Å². The van der Waals surface area contributed by atoms with Crippen LogP contribution in [0.3, 0.4) is 0 Å². The van der Waals surface area contributed by atoms with Crippen molar-refractivity contribution in [3.63, 3.8) is 0 Å². The number of rotatable bonds is 5. The zero-order chi connectivity index (χ0) is 20.8. The Morgan fingerprint density at radius 1 is 0.567 bits per heavy atom. The fourth-order valence-electron chi connectivity index (χ4n) is 2.64. The maximum atomic E-state index is 12.3. The Hall–Kier alpha value is -4.46. The zero-order valence-electron chi connectivity index (χ0n) is 15.7. The Balaban J connectivity index is 1.43. The van der Waals surface area contributed by atoms with Crippen molar-refractivity contribution in [2.45, 2.75) is 0 Å². The fraction of sp³-hybridized carbons (Fsp3) is 0. The molecule has 0 fully saturated rings. The molecular weight excluding hydrogens is 380 g/mol. The number of carbonyl (C=O) groups excluding carboxylic acids is 2. The number of hydrogen-bond donors (Lipinski definition) is 2. The molecule has 4 aromatic rings. The minimum Gasteiger partial charge on any atom is -0.322 e. The van der Waals surface area contributed by atoms with Gasteiger partial charge < -0.3 is 10.6 Å². The average molecular weight is 396 g/mol. The molecule has 4 aromatic heterocycles. The molecule has 8 nitrogen and oxygen atoms in total. The molecule has 0 saturated heterocycles. The number of nitrogens with zero attached hydrogens (tertiary/aromatic N) is 4. The lowest BCUT2D eigenvalue weighted by atomic mass is 10.1. The van der Waals surface area contributed by atoms with E-state index in [9.17, 15) is 9.59 Å². The lowest BCUT2D eigenvalue weighted by Crippen LogP contribution is -2.12. The molecular formula is C22H16N6O2. The molecule has 0 unspecified atom stereocenters. The van der Waals surface area contributed by atoms with Crippen LogP contribution < -0.4 is 10.6 Å². The molecule has 30 heavy (non-hydrogen) atoms. The number of pyridine rings is 4.